The maximum atomic E-state index is 11.9. The highest BCUT2D eigenvalue weighted by molar-refractivity contribution is 9.09. The van der Waals surface area contributed by atoms with E-state index in [0.29, 0.717) is 0 Å². The second-order valence-corrected chi connectivity index (χ2v) is 5.11. The first-order chi connectivity index (χ1) is 7.00. The highest BCUT2D eigenvalue weighted by Crippen LogP contribution is 2.21. The Morgan fingerprint density at radius 1 is 1.60 bits per heavy atom. The summed E-state index contributed by atoms with van der Waals surface area (Å²) >= 11 is 3.43. The summed E-state index contributed by atoms with van der Waals surface area (Å²) in [6.07, 6.45) is 2.71. The third-order valence-corrected chi connectivity index (χ3v) is 4.26. The zero-order valence-electron chi connectivity index (χ0n) is 9.68. The van der Waals surface area contributed by atoms with Crippen LogP contribution in [0.4, 0.5) is 0 Å². The van der Waals surface area contributed by atoms with Crippen molar-refractivity contribution in [2.45, 2.75) is 57.8 Å². The zero-order chi connectivity index (χ0) is 11.5. The fraction of sp³-hybridized carbons (Fsp3) is 0.909. The van der Waals surface area contributed by atoms with Crippen molar-refractivity contribution < 1.29 is 9.53 Å². The molecule has 3 atom stereocenters. The van der Waals surface area contributed by atoms with Gasteiger partial charge in [0.1, 0.15) is 6.10 Å². The van der Waals surface area contributed by atoms with E-state index < -0.39 is 0 Å². The Bertz CT molecular complexity index is 229. The molecule has 0 aromatic rings. The first-order valence-corrected chi connectivity index (χ1v) is 6.66. The lowest BCUT2D eigenvalue weighted by atomic mass is 10.0. The SMILES string of the molecule is CCC(C)(CBr)NC(=O)C1CCC(C)O1. The Balaban J connectivity index is 2.48. The lowest BCUT2D eigenvalue weighted by Crippen LogP contribution is -2.50. The van der Waals surface area contributed by atoms with Crippen LogP contribution in [-0.4, -0.2) is 29.0 Å². The van der Waals surface area contributed by atoms with Crippen molar-refractivity contribution in [3.05, 3.63) is 0 Å². The Labute approximate surface area is 100 Å². The summed E-state index contributed by atoms with van der Waals surface area (Å²) in [5, 5.41) is 3.81. The van der Waals surface area contributed by atoms with Crippen molar-refractivity contribution in [2.24, 2.45) is 0 Å². The number of rotatable bonds is 4. The highest BCUT2D eigenvalue weighted by atomic mass is 79.9. The molecule has 0 aliphatic carbocycles. The van der Waals surface area contributed by atoms with Gasteiger partial charge < -0.3 is 10.1 Å². The maximum absolute atomic E-state index is 11.9. The van der Waals surface area contributed by atoms with Crippen LogP contribution in [0.25, 0.3) is 0 Å². The van der Waals surface area contributed by atoms with Crippen molar-refractivity contribution in [3.63, 3.8) is 0 Å². The molecule has 1 N–H and O–H groups in total. The second-order valence-electron chi connectivity index (χ2n) is 4.55. The minimum absolute atomic E-state index is 0.0307. The molecule has 1 rings (SSSR count). The molecule has 3 unspecified atom stereocenters. The van der Waals surface area contributed by atoms with Crippen LogP contribution < -0.4 is 5.32 Å². The van der Waals surface area contributed by atoms with Crippen LogP contribution >= 0.6 is 15.9 Å². The van der Waals surface area contributed by atoms with Gasteiger partial charge in [-0.2, -0.15) is 0 Å². The molecular weight excluding hydrogens is 258 g/mol. The van der Waals surface area contributed by atoms with Gasteiger partial charge in [0.2, 0.25) is 5.91 Å². The van der Waals surface area contributed by atoms with Crippen LogP contribution in [0.3, 0.4) is 0 Å². The number of alkyl halides is 1. The average Bonchev–Trinajstić information content (AvgIpc) is 2.65. The molecule has 0 aromatic heterocycles. The standard InChI is InChI=1S/C11H20BrNO2/c1-4-11(3,7-12)13-10(14)9-6-5-8(2)15-9/h8-9H,4-7H2,1-3H3,(H,13,14). The van der Waals surface area contributed by atoms with Crippen molar-refractivity contribution in [2.75, 3.05) is 5.33 Å². The second kappa shape index (κ2) is 5.30. The first kappa shape index (κ1) is 13.0. The summed E-state index contributed by atoms with van der Waals surface area (Å²) in [5.74, 6) is 0.0307. The van der Waals surface area contributed by atoms with Crippen molar-refractivity contribution in [1.82, 2.24) is 5.32 Å². The van der Waals surface area contributed by atoms with E-state index in [2.05, 4.69) is 28.2 Å². The smallest absolute Gasteiger partial charge is 0.249 e. The molecule has 0 bridgehead atoms. The Morgan fingerprint density at radius 2 is 2.27 bits per heavy atom. The minimum atomic E-state index is -0.245. The fourth-order valence-corrected chi connectivity index (χ4v) is 2.13. The molecule has 0 radical (unpaired) electrons. The number of carbonyl (C=O) groups is 1. The van der Waals surface area contributed by atoms with Gasteiger partial charge in [0.15, 0.2) is 0 Å². The van der Waals surface area contributed by atoms with Gasteiger partial charge in [-0.25, -0.2) is 0 Å². The monoisotopic (exact) mass is 277 g/mol. The molecule has 3 nitrogen and oxygen atoms in total. The summed E-state index contributed by atoms with van der Waals surface area (Å²) < 4.78 is 5.53. The normalized spacial score (nSPS) is 29.9. The van der Waals surface area contributed by atoms with Crippen molar-refractivity contribution >= 4 is 21.8 Å². The van der Waals surface area contributed by atoms with E-state index in [9.17, 15) is 4.79 Å². The first-order valence-electron chi connectivity index (χ1n) is 5.54. The minimum Gasteiger partial charge on any atom is -0.365 e. The van der Waals surface area contributed by atoms with E-state index in [0.717, 1.165) is 24.6 Å². The number of carbonyl (C=O) groups excluding carboxylic acids is 1. The van der Waals surface area contributed by atoms with Gasteiger partial charge in [0, 0.05) is 10.9 Å². The van der Waals surface area contributed by atoms with E-state index in [1.54, 1.807) is 0 Å². The number of hydrogen-bond acceptors (Lipinski definition) is 2. The number of halogens is 1. The van der Waals surface area contributed by atoms with E-state index >= 15 is 0 Å². The molecule has 88 valence electrons. The van der Waals surface area contributed by atoms with Gasteiger partial charge in [0.25, 0.3) is 0 Å². The summed E-state index contributed by atoms with van der Waals surface area (Å²) in [5.41, 5.74) is -0.160. The lowest BCUT2D eigenvalue weighted by Gasteiger charge is -2.28. The topological polar surface area (TPSA) is 38.3 Å². The number of ether oxygens (including phenoxy) is 1. The summed E-state index contributed by atoms with van der Waals surface area (Å²) in [4.78, 5) is 11.9. The quantitative estimate of drug-likeness (QED) is 0.801. The maximum Gasteiger partial charge on any atom is 0.249 e. The van der Waals surface area contributed by atoms with Gasteiger partial charge in [-0.1, -0.05) is 22.9 Å². The van der Waals surface area contributed by atoms with Gasteiger partial charge in [-0.05, 0) is 33.1 Å². The van der Waals surface area contributed by atoms with Crippen LogP contribution in [-0.2, 0) is 9.53 Å². The number of nitrogens with one attached hydrogen (secondary N) is 1. The van der Waals surface area contributed by atoms with E-state index in [-0.39, 0.29) is 23.7 Å². The van der Waals surface area contributed by atoms with Crippen molar-refractivity contribution in [3.8, 4) is 0 Å². The van der Waals surface area contributed by atoms with Crippen LogP contribution in [0, 0.1) is 0 Å². The highest BCUT2D eigenvalue weighted by Gasteiger charge is 2.32. The molecule has 0 aromatic carbocycles. The van der Waals surface area contributed by atoms with Gasteiger partial charge in [-0.3, -0.25) is 4.79 Å². The largest absolute Gasteiger partial charge is 0.365 e. The van der Waals surface area contributed by atoms with Gasteiger partial charge >= 0.3 is 0 Å². The summed E-state index contributed by atoms with van der Waals surface area (Å²) in [6.45, 7) is 6.12. The van der Waals surface area contributed by atoms with Gasteiger partial charge in [0.05, 0.1) is 6.10 Å². The molecule has 0 saturated carbocycles. The Hall–Kier alpha value is -0.0900. The molecular formula is C11H20BrNO2. The molecule has 4 heteroatoms. The lowest BCUT2D eigenvalue weighted by molar-refractivity contribution is -0.133. The Morgan fingerprint density at radius 3 is 2.67 bits per heavy atom. The van der Waals surface area contributed by atoms with Gasteiger partial charge in [-0.15, -0.1) is 0 Å². The van der Waals surface area contributed by atoms with E-state index in [1.807, 2.05) is 13.8 Å². The van der Waals surface area contributed by atoms with Crippen LogP contribution in [0.5, 0.6) is 0 Å². The van der Waals surface area contributed by atoms with Crippen LogP contribution in [0.2, 0.25) is 0 Å². The number of amides is 1. The average molecular weight is 278 g/mol. The fourth-order valence-electron chi connectivity index (χ4n) is 1.59. The molecule has 15 heavy (non-hydrogen) atoms. The molecule has 1 aliphatic rings. The van der Waals surface area contributed by atoms with Crippen molar-refractivity contribution in [1.29, 1.82) is 0 Å². The molecule has 0 spiro atoms. The summed E-state index contributed by atoms with van der Waals surface area (Å²) in [7, 11) is 0. The van der Waals surface area contributed by atoms with E-state index in [4.69, 9.17) is 4.74 Å². The molecule has 1 fully saturated rings. The van der Waals surface area contributed by atoms with Crippen LogP contribution in [0.1, 0.15) is 40.0 Å². The molecule has 1 heterocycles. The van der Waals surface area contributed by atoms with E-state index in [1.165, 1.54) is 0 Å². The molecule has 1 saturated heterocycles. The number of hydrogen-bond donors (Lipinski definition) is 1. The summed E-state index contributed by atoms with van der Waals surface area (Å²) in [6, 6.07) is 0. The van der Waals surface area contributed by atoms with Crippen LogP contribution in [0.15, 0.2) is 0 Å². The molecule has 1 amide bonds. The Kier molecular flexibility index (Phi) is 4.59. The third-order valence-electron chi connectivity index (χ3n) is 3.02. The predicted octanol–water partition coefficient (Wildman–Crippen LogP) is 2.23. The third kappa shape index (κ3) is 3.45. The molecule has 1 aliphatic heterocycles. The zero-order valence-corrected chi connectivity index (χ0v) is 11.3. The predicted molar refractivity (Wildman–Crippen MR) is 64.2 cm³/mol.